The molecule has 6 nitrogen and oxygen atoms in total. The second kappa shape index (κ2) is 11.9. The van der Waals surface area contributed by atoms with E-state index in [-0.39, 0.29) is 17.5 Å². The molecule has 1 rings (SSSR count). The first-order valence-corrected chi connectivity index (χ1v) is 10.4. The van der Waals surface area contributed by atoms with Crippen molar-refractivity contribution in [2.45, 2.75) is 64.5 Å². The number of carbonyl (C=O) groups excluding carboxylic acids is 2. The number of esters is 1. The van der Waals surface area contributed by atoms with Crippen molar-refractivity contribution < 1.29 is 19.4 Å². The molecule has 0 radical (unpaired) electrons. The predicted molar refractivity (Wildman–Crippen MR) is 118 cm³/mol. The van der Waals surface area contributed by atoms with Gasteiger partial charge in [-0.1, -0.05) is 42.5 Å². The van der Waals surface area contributed by atoms with Gasteiger partial charge in [0.1, 0.15) is 11.6 Å². The summed E-state index contributed by atoms with van der Waals surface area (Å²) < 4.78 is 5.51. The summed E-state index contributed by atoms with van der Waals surface area (Å²) in [7, 11) is 1.59. The third-order valence-corrected chi connectivity index (χ3v) is 4.87. The minimum Gasteiger partial charge on any atom is -0.458 e. The van der Waals surface area contributed by atoms with E-state index in [1.54, 1.807) is 27.8 Å². The first kappa shape index (κ1) is 25.0. The van der Waals surface area contributed by atoms with Crippen LogP contribution in [0.25, 0.3) is 0 Å². The Balaban J connectivity index is 2.93. The summed E-state index contributed by atoms with van der Waals surface area (Å²) in [5.41, 5.74) is 6.31. The van der Waals surface area contributed by atoms with Crippen LogP contribution < -0.4 is 5.73 Å². The molecule has 0 saturated carbocycles. The summed E-state index contributed by atoms with van der Waals surface area (Å²) in [5.74, 6) is -1.40. The molecule has 3 N–H and O–H groups in total. The predicted octanol–water partition coefficient (Wildman–Crippen LogP) is 2.85. The number of ether oxygens (including phenoxy) is 1. The fraction of sp³-hybridized carbons (Fsp3) is 0.591. The highest BCUT2D eigenvalue weighted by Crippen LogP contribution is 2.19. The minimum atomic E-state index is -0.748. The summed E-state index contributed by atoms with van der Waals surface area (Å²) >= 11 is 5.16. The smallest absolute Gasteiger partial charge is 0.329 e. The van der Waals surface area contributed by atoms with Crippen LogP contribution in [0.1, 0.15) is 52.0 Å². The van der Waals surface area contributed by atoms with E-state index < -0.39 is 23.5 Å². The average molecular weight is 423 g/mol. The Morgan fingerprint density at radius 3 is 2.31 bits per heavy atom. The highest BCUT2D eigenvalue weighted by molar-refractivity contribution is 7.80. The van der Waals surface area contributed by atoms with Gasteiger partial charge in [0.2, 0.25) is 5.91 Å². The molecule has 0 heterocycles. The molecule has 0 spiro atoms. The fourth-order valence-electron chi connectivity index (χ4n) is 3.03. The van der Waals surface area contributed by atoms with Crippen LogP contribution in [-0.4, -0.2) is 52.2 Å². The van der Waals surface area contributed by atoms with Crippen molar-refractivity contribution >= 4 is 29.1 Å². The number of aryl methyl sites for hydroxylation is 1. The van der Waals surface area contributed by atoms with E-state index in [0.29, 0.717) is 32.1 Å². The van der Waals surface area contributed by atoms with Gasteiger partial charge in [-0.2, -0.15) is 0 Å². The van der Waals surface area contributed by atoms with Crippen LogP contribution in [0.15, 0.2) is 30.3 Å². The monoisotopic (exact) mass is 422 g/mol. The quantitative estimate of drug-likeness (QED) is 0.324. The SMILES string of the molecule is CN(C(=O)[C@H](CCc1ccccc1)C(N)=S)C(CCCCO)C(=O)OC(C)(C)C. The number of hydrogen-bond donors (Lipinski definition) is 2. The van der Waals surface area contributed by atoms with Gasteiger partial charge in [-0.3, -0.25) is 4.79 Å². The Morgan fingerprint density at radius 2 is 1.79 bits per heavy atom. The fourth-order valence-corrected chi connectivity index (χ4v) is 3.25. The van der Waals surface area contributed by atoms with Crippen molar-refractivity contribution in [1.29, 1.82) is 0 Å². The first-order chi connectivity index (χ1) is 13.6. The van der Waals surface area contributed by atoms with Gasteiger partial charge in [-0.25, -0.2) is 4.79 Å². The Labute approximate surface area is 179 Å². The molecule has 0 fully saturated rings. The molecule has 0 saturated heterocycles. The highest BCUT2D eigenvalue weighted by Gasteiger charge is 2.34. The van der Waals surface area contributed by atoms with E-state index in [0.717, 1.165) is 5.56 Å². The lowest BCUT2D eigenvalue weighted by Gasteiger charge is -2.32. The van der Waals surface area contributed by atoms with Crippen LogP contribution in [0.3, 0.4) is 0 Å². The molecule has 0 aromatic heterocycles. The Hall–Kier alpha value is -1.99. The number of rotatable bonds is 11. The topological polar surface area (TPSA) is 92.9 Å². The zero-order valence-corrected chi connectivity index (χ0v) is 18.7. The van der Waals surface area contributed by atoms with Gasteiger partial charge in [-0.05, 0) is 58.4 Å². The van der Waals surface area contributed by atoms with Crippen molar-refractivity contribution in [3.8, 4) is 0 Å². The lowest BCUT2D eigenvalue weighted by Crippen LogP contribution is -2.49. The van der Waals surface area contributed by atoms with E-state index in [1.165, 1.54) is 4.90 Å². The lowest BCUT2D eigenvalue weighted by atomic mass is 9.97. The third kappa shape index (κ3) is 8.92. The molecule has 29 heavy (non-hydrogen) atoms. The van der Waals surface area contributed by atoms with Gasteiger partial charge < -0.3 is 20.5 Å². The molecule has 0 aliphatic carbocycles. The van der Waals surface area contributed by atoms with E-state index in [4.69, 9.17) is 27.8 Å². The number of thiocarbonyl (C=S) groups is 1. The van der Waals surface area contributed by atoms with Crippen LogP contribution in [0, 0.1) is 5.92 Å². The van der Waals surface area contributed by atoms with Crippen molar-refractivity contribution in [2.24, 2.45) is 11.7 Å². The molecule has 1 aromatic rings. The molecule has 162 valence electrons. The van der Waals surface area contributed by atoms with Gasteiger partial charge in [0, 0.05) is 13.7 Å². The largest absolute Gasteiger partial charge is 0.458 e. The normalized spacial score (nSPS) is 13.4. The number of hydrogen-bond acceptors (Lipinski definition) is 5. The van der Waals surface area contributed by atoms with Gasteiger partial charge >= 0.3 is 5.97 Å². The van der Waals surface area contributed by atoms with Crippen LogP contribution in [-0.2, 0) is 20.7 Å². The van der Waals surface area contributed by atoms with E-state index in [2.05, 4.69) is 0 Å². The summed E-state index contributed by atoms with van der Waals surface area (Å²) in [5, 5.41) is 9.06. The summed E-state index contributed by atoms with van der Waals surface area (Å²) in [6, 6.07) is 9.05. The summed E-state index contributed by atoms with van der Waals surface area (Å²) in [6.45, 7) is 5.39. The standard InChI is InChI=1S/C22H34N2O4S/c1-22(2,3)28-21(27)18(12-8-9-15-25)24(4)20(26)17(19(23)29)14-13-16-10-6-5-7-11-16/h5-7,10-11,17-18,25H,8-9,12-15H2,1-4H3,(H2,23,29)/t17-,18?/m1/s1. The Kier molecular flexibility index (Phi) is 10.3. The van der Waals surface area contributed by atoms with Crippen molar-refractivity contribution in [2.75, 3.05) is 13.7 Å². The lowest BCUT2D eigenvalue weighted by molar-refractivity contribution is -0.164. The molecule has 0 aliphatic rings. The molecular weight excluding hydrogens is 388 g/mol. The molecule has 1 aromatic carbocycles. The molecule has 2 atom stereocenters. The van der Waals surface area contributed by atoms with E-state index >= 15 is 0 Å². The Morgan fingerprint density at radius 1 is 1.17 bits per heavy atom. The zero-order chi connectivity index (χ0) is 22.0. The molecule has 7 heteroatoms. The average Bonchev–Trinajstić information content (AvgIpc) is 2.64. The third-order valence-electron chi connectivity index (χ3n) is 4.59. The number of carbonyl (C=O) groups is 2. The van der Waals surface area contributed by atoms with Crippen molar-refractivity contribution in [1.82, 2.24) is 4.90 Å². The van der Waals surface area contributed by atoms with Crippen molar-refractivity contribution in [3.63, 3.8) is 0 Å². The van der Waals surface area contributed by atoms with E-state index in [9.17, 15) is 9.59 Å². The number of aliphatic hydroxyl groups is 1. The maximum atomic E-state index is 13.2. The van der Waals surface area contributed by atoms with Crippen molar-refractivity contribution in [3.05, 3.63) is 35.9 Å². The second-order valence-corrected chi connectivity index (χ2v) is 8.67. The molecule has 1 amide bonds. The number of aliphatic hydroxyl groups excluding tert-OH is 1. The number of nitrogens with two attached hydrogens (primary N) is 1. The molecule has 0 bridgehead atoms. The number of benzene rings is 1. The molecular formula is C22H34N2O4S. The summed E-state index contributed by atoms with van der Waals surface area (Å²) in [6.07, 6.45) is 2.68. The first-order valence-electron chi connectivity index (χ1n) is 10.0. The number of unbranched alkanes of at least 4 members (excludes halogenated alkanes) is 1. The van der Waals surface area contributed by atoms with Crippen LogP contribution >= 0.6 is 12.2 Å². The molecule has 0 aliphatic heterocycles. The Bertz CT molecular complexity index is 673. The number of amides is 1. The maximum absolute atomic E-state index is 13.2. The number of likely N-dealkylation sites (N-methyl/N-ethyl adjacent to an activating group) is 1. The van der Waals surface area contributed by atoms with Crippen LogP contribution in [0.2, 0.25) is 0 Å². The minimum absolute atomic E-state index is 0.0330. The maximum Gasteiger partial charge on any atom is 0.329 e. The summed E-state index contributed by atoms with van der Waals surface area (Å²) in [4.78, 5) is 27.4. The highest BCUT2D eigenvalue weighted by atomic mass is 32.1. The van der Waals surface area contributed by atoms with E-state index in [1.807, 2.05) is 30.3 Å². The van der Waals surface area contributed by atoms with Gasteiger partial charge in [0.25, 0.3) is 0 Å². The van der Waals surface area contributed by atoms with Gasteiger partial charge in [0.05, 0.1) is 10.9 Å². The number of nitrogens with zero attached hydrogens (tertiary/aromatic N) is 1. The van der Waals surface area contributed by atoms with Crippen LogP contribution in [0.5, 0.6) is 0 Å². The molecule has 1 unspecified atom stereocenters. The second-order valence-electron chi connectivity index (χ2n) is 8.20. The van der Waals surface area contributed by atoms with Gasteiger partial charge in [-0.15, -0.1) is 0 Å². The zero-order valence-electron chi connectivity index (χ0n) is 17.9. The van der Waals surface area contributed by atoms with Gasteiger partial charge in [0.15, 0.2) is 0 Å². The van der Waals surface area contributed by atoms with Crippen LogP contribution in [0.4, 0.5) is 0 Å².